The molecule has 1 aromatic carbocycles. The van der Waals surface area contributed by atoms with Gasteiger partial charge in [-0.2, -0.15) is 0 Å². The fraction of sp³-hybridized carbons (Fsp3) is 0.423. The highest BCUT2D eigenvalue weighted by atomic mass is 16.5. The lowest BCUT2D eigenvalue weighted by Gasteiger charge is -2.32. The number of piperidine rings is 1. The van der Waals surface area contributed by atoms with Crippen LogP contribution in [0.4, 0.5) is 0 Å². The van der Waals surface area contributed by atoms with E-state index in [1.807, 2.05) is 30.5 Å². The summed E-state index contributed by atoms with van der Waals surface area (Å²) >= 11 is 0. The van der Waals surface area contributed by atoms with Gasteiger partial charge < -0.3 is 20.3 Å². The predicted octanol–water partition coefficient (Wildman–Crippen LogP) is 3.31. The molecule has 3 heterocycles. The zero-order valence-corrected chi connectivity index (χ0v) is 18.8. The van der Waals surface area contributed by atoms with E-state index < -0.39 is 6.04 Å². The average molecular weight is 447 g/mol. The van der Waals surface area contributed by atoms with Crippen molar-refractivity contribution in [2.45, 2.75) is 69.8 Å². The van der Waals surface area contributed by atoms with Gasteiger partial charge in [-0.25, -0.2) is 0 Å². The number of hydrogen-bond acceptors (Lipinski definition) is 5. The molecule has 172 valence electrons. The van der Waals surface area contributed by atoms with Gasteiger partial charge in [0.15, 0.2) is 0 Å². The second-order valence-corrected chi connectivity index (χ2v) is 9.19. The van der Waals surface area contributed by atoms with Crippen LogP contribution >= 0.6 is 0 Å². The summed E-state index contributed by atoms with van der Waals surface area (Å²) in [7, 11) is 0. The van der Waals surface area contributed by atoms with Crippen LogP contribution in [0, 0.1) is 0 Å². The number of hydrogen-bond donors (Lipinski definition) is 2. The summed E-state index contributed by atoms with van der Waals surface area (Å²) in [6.45, 7) is 5.03. The van der Waals surface area contributed by atoms with E-state index >= 15 is 0 Å². The summed E-state index contributed by atoms with van der Waals surface area (Å²) in [6.07, 6.45) is 9.47. The summed E-state index contributed by atoms with van der Waals surface area (Å²) in [5, 5.41) is 6.43. The van der Waals surface area contributed by atoms with Crippen molar-refractivity contribution < 1.29 is 14.3 Å². The van der Waals surface area contributed by atoms with Crippen LogP contribution in [-0.4, -0.2) is 39.9 Å². The molecule has 2 N–H and O–H groups in total. The Labute approximate surface area is 194 Å². The minimum atomic E-state index is -0.445. The van der Waals surface area contributed by atoms with Gasteiger partial charge in [0.1, 0.15) is 17.9 Å². The number of nitrogens with zero attached hydrogens (tertiary/aromatic N) is 2. The molecule has 1 saturated carbocycles. The van der Waals surface area contributed by atoms with Crippen LogP contribution in [0.5, 0.6) is 5.75 Å². The third-order valence-electron chi connectivity index (χ3n) is 6.89. The molecule has 3 atom stereocenters. The largest absolute Gasteiger partial charge is 0.489 e. The lowest BCUT2D eigenvalue weighted by Crippen LogP contribution is -2.49. The van der Waals surface area contributed by atoms with Crippen LogP contribution in [0.2, 0.25) is 0 Å². The summed E-state index contributed by atoms with van der Waals surface area (Å²) in [5.74, 6) is 0.552. The number of ether oxygens (including phenoxy) is 1. The second kappa shape index (κ2) is 9.35. The van der Waals surface area contributed by atoms with Gasteiger partial charge >= 0.3 is 0 Å². The van der Waals surface area contributed by atoms with Gasteiger partial charge in [0.05, 0.1) is 0 Å². The molecule has 2 aliphatic heterocycles. The summed E-state index contributed by atoms with van der Waals surface area (Å²) < 4.78 is 6.43. The van der Waals surface area contributed by atoms with E-state index in [0.717, 1.165) is 48.4 Å². The van der Waals surface area contributed by atoms with Gasteiger partial charge in [0.2, 0.25) is 5.91 Å². The SMILES string of the molecule is C=C1CCC(N2Cc3cc(O[C@@H]4CCCC[C@H]4NCc4cccnc4)ccc3C2=O)C(=O)N1. The Morgan fingerprint density at radius 2 is 2.06 bits per heavy atom. The molecule has 5 rings (SSSR count). The first-order valence-corrected chi connectivity index (χ1v) is 11.8. The number of allylic oxidation sites excluding steroid dienone is 1. The van der Waals surface area contributed by atoms with Crippen molar-refractivity contribution in [2.75, 3.05) is 0 Å². The Morgan fingerprint density at radius 3 is 2.88 bits per heavy atom. The molecule has 0 radical (unpaired) electrons. The number of nitrogens with one attached hydrogen (secondary N) is 2. The van der Waals surface area contributed by atoms with E-state index in [1.54, 1.807) is 11.1 Å². The maximum atomic E-state index is 13.0. The number of fused-ring (bicyclic) bond motifs is 1. The molecule has 33 heavy (non-hydrogen) atoms. The Bertz CT molecular complexity index is 1050. The molecule has 1 unspecified atom stereocenters. The number of pyridine rings is 1. The lowest BCUT2D eigenvalue weighted by molar-refractivity contribution is -0.126. The minimum Gasteiger partial charge on any atom is -0.489 e. The van der Waals surface area contributed by atoms with Gasteiger partial charge in [-0.05, 0) is 67.5 Å². The number of carbonyl (C=O) groups excluding carboxylic acids is 2. The quantitative estimate of drug-likeness (QED) is 0.711. The Kier molecular flexibility index (Phi) is 6.13. The van der Waals surface area contributed by atoms with Crippen LogP contribution in [-0.2, 0) is 17.9 Å². The number of aromatic nitrogens is 1. The highest BCUT2D eigenvalue weighted by Gasteiger charge is 2.38. The monoisotopic (exact) mass is 446 g/mol. The zero-order valence-electron chi connectivity index (χ0n) is 18.8. The van der Waals surface area contributed by atoms with Crippen LogP contribution in [0.3, 0.4) is 0 Å². The van der Waals surface area contributed by atoms with E-state index in [9.17, 15) is 9.59 Å². The molecule has 1 aliphatic carbocycles. The molecular formula is C26H30N4O3. The molecule has 2 fully saturated rings. The van der Waals surface area contributed by atoms with Crippen LogP contribution in [0.15, 0.2) is 55.0 Å². The molecule has 2 aromatic rings. The second-order valence-electron chi connectivity index (χ2n) is 9.19. The first kappa shape index (κ1) is 21.6. The molecule has 3 aliphatic rings. The molecule has 7 heteroatoms. The molecule has 2 amide bonds. The maximum Gasteiger partial charge on any atom is 0.255 e. The molecule has 0 bridgehead atoms. The van der Waals surface area contributed by atoms with Crippen molar-refractivity contribution >= 4 is 11.8 Å². The predicted molar refractivity (Wildman–Crippen MR) is 124 cm³/mol. The molecule has 1 aromatic heterocycles. The fourth-order valence-electron chi connectivity index (χ4n) is 5.10. The van der Waals surface area contributed by atoms with Gasteiger partial charge in [0.25, 0.3) is 5.91 Å². The third kappa shape index (κ3) is 4.64. The smallest absolute Gasteiger partial charge is 0.255 e. The minimum absolute atomic E-state index is 0.0804. The number of benzene rings is 1. The third-order valence-corrected chi connectivity index (χ3v) is 6.89. The van der Waals surface area contributed by atoms with Crippen molar-refractivity contribution in [3.05, 3.63) is 71.7 Å². The van der Waals surface area contributed by atoms with E-state index in [1.165, 1.54) is 6.42 Å². The van der Waals surface area contributed by atoms with Crippen molar-refractivity contribution in [1.29, 1.82) is 0 Å². The standard InChI is InChI=1S/C26H30N4O3/c1-17-8-11-23(25(31)29-17)30-16-19-13-20(9-10-21(19)26(30)32)33-24-7-3-2-6-22(24)28-15-18-5-4-12-27-14-18/h4-5,9-10,12-14,22-24,28H,1-3,6-8,11,15-16H2,(H,29,31)/t22-,23?,24-/m1/s1. The molecule has 1 saturated heterocycles. The fourth-order valence-corrected chi connectivity index (χ4v) is 5.10. The Morgan fingerprint density at radius 1 is 1.18 bits per heavy atom. The summed E-state index contributed by atoms with van der Waals surface area (Å²) in [6, 6.07) is 9.55. The first-order valence-electron chi connectivity index (χ1n) is 11.8. The van der Waals surface area contributed by atoms with Gasteiger partial charge in [-0.3, -0.25) is 14.6 Å². The normalized spacial score (nSPS) is 25.0. The highest BCUT2D eigenvalue weighted by molar-refractivity contribution is 6.01. The topological polar surface area (TPSA) is 83.6 Å². The average Bonchev–Trinajstić information content (AvgIpc) is 3.14. The van der Waals surface area contributed by atoms with E-state index in [4.69, 9.17) is 4.74 Å². The van der Waals surface area contributed by atoms with Crippen molar-refractivity contribution in [3.8, 4) is 5.75 Å². The summed E-state index contributed by atoms with van der Waals surface area (Å²) in [5.41, 5.74) is 3.46. The Hall–Kier alpha value is -3.19. The van der Waals surface area contributed by atoms with Gasteiger partial charge in [0, 0.05) is 42.8 Å². The molecule has 7 nitrogen and oxygen atoms in total. The molecular weight excluding hydrogens is 416 g/mol. The van der Waals surface area contributed by atoms with Crippen molar-refractivity contribution in [1.82, 2.24) is 20.5 Å². The maximum absolute atomic E-state index is 13.0. The number of amides is 2. The van der Waals surface area contributed by atoms with Crippen LogP contribution in [0.25, 0.3) is 0 Å². The Balaban J connectivity index is 1.25. The van der Waals surface area contributed by atoms with Gasteiger partial charge in [-0.15, -0.1) is 0 Å². The highest BCUT2D eigenvalue weighted by Crippen LogP contribution is 2.32. The van der Waals surface area contributed by atoms with E-state index in [0.29, 0.717) is 24.9 Å². The van der Waals surface area contributed by atoms with Crippen molar-refractivity contribution in [2.24, 2.45) is 0 Å². The van der Waals surface area contributed by atoms with Gasteiger partial charge in [-0.1, -0.05) is 19.1 Å². The van der Waals surface area contributed by atoms with Crippen molar-refractivity contribution in [3.63, 3.8) is 0 Å². The first-order chi connectivity index (χ1) is 16.1. The van der Waals surface area contributed by atoms with E-state index in [-0.39, 0.29) is 24.0 Å². The van der Waals surface area contributed by atoms with Crippen LogP contribution in [0.1, 0.15) is 60.0 Å². The van der Waals surface area contributed by atoms with E-state index in [2.05, 4.69) is 28.3 Å². The number of rotatable bonds is 6. The summed E-state index contributed by atoms with van der Waals surface area (Å²) in [4.78, 5) is 31.2. The van der Waals surface area contributed by atoms with Crippen LogP contribution < -0.4 is 15.4 Å². The lowest BCUT2D eigenvalue weighted by atomic mass is 9.92. The number of carbonyl (C=O) groups is 2. The molecule has 0 spiro atoms. The zero-order chi connectivity index (χ0) is 22.8.